The number of nitrogen functional groups attached to an aromatic ring is 1. The van der Waals surface area contributed by atoms with Crippen LogP contribution >= 0.6 is 0 Å². The zero-order valence-electron chi connectivity index (χ0n) is 12.4. The van der Waals surface area contributed by atoms with Gasteiger partial charge in [-0.15, -0.1) is 0 Å². The third-order valence-electron chi connectivity index (χ3n) is 2.92. The lowest BCUT2D eigenvalue weighted by molar-refractivity contribution is 0.329. The molecule has 2 rings (SSSR count). The summed E-state index contributed by atoms with van der Waals surface area (Å²) < 4.78 is 10.7. The molecule has 5 nitrogen and oxygen atoms in total. The summed E-state index contributed by atoms with van der Waals surface area (Å²) in [6.07, 6.45) is 0. The molecule has 0 aliphatic heterocycles. The van der Waals surface area contributed by atoms with Gasteiger partial charge in [0.25, 0.3) is 0 Å². The lowest BCUT2D eigenvalue weighted by atomic mass is 9.91. The smallest absolute Gasteiger partial charge is 0.191 e. The first kappa shape index (κ1) is 13.6. The average molecular weight is 263 g/mol. The van der Waals surface area contributed by atoms with Crippen LogP contribution in [0.1, 0.15) is 53.0 Å². The predicted octanol–water partition coefficient (Wildman–Crippen LogP) is 3.51. The van der Waals surface area contributed by atoms with E-state index in [0.717, 1.165) is 5.69 Å². The van der Waals surface area contributed by atoms with Gasteiger partial charge < -0.3 is 14.8 Å². The van der Waals surface area contributed by atoms with E-state index in [1.807, 2.05) is 26.8 Å². The number of aromatic nitrogens is 2. The summed E-state index contributed by atoms with van der Waals surface area (Å²) in [6, 6.07) is 1.86. The van der Waals surface area contributed by atoms with Crippen molar-refractivity contribution >= 4 is 5.69 Å². The van der Waals surface area contributed by atoms with Gasteiger partial charge in [0.15, 0.2) is 17.2 Å². The van der Waals surface area contributed by atoms with E-state index < -0.39 is 0 Å². The minimum atomic E-state index is -0.192. The minimum Gasteiger partial charge on any atom is -0.394 e. The third kappa shape index (κ3) is 2.50. The van der Waals surface area contributed by atoms with Crippen molar-refractivity contribution < 1.29 is 9.05 Å². The number of anilines is 1. The van der Waals surface area contributed by atoms with E-state index in [2.05, 4.69) is 31.1 Å². The fourth-order valence-corrected chi connectivity index (χ4v) is 1.76. The lowest BCUT2D eigenvalue weighted by Gasteiger charge is -2.14. The Kier molecular flexibility index (Phi) is 2.96. The monoisotopic (exact) mass is 263 g/mol. The van der Waals surface area contributed by atoms with Gasteiger partial charge >= 0.3 is 0 Å². The molecule has 0 bridgehead atoms. The number of nitrogens with two attached hydrogens (primary N) is 1. The van der Waals surface area contributed by atoms with E-state index in [1.54, 1.807) is 0 Å². The third-order valence-corrected chi connectivity index (χ3v) is 2.92. The van der Waals surface area contributed by atoms with Gasteiger partial charge in [0, 0.05) is 16.9 Å². The van der Waals surface area contributed by atoms with Gasteiger partial charge in [0.1, 0.15) is 5.69 Å². The van der Waals surface area contributed by atoms with Crippen LogP contribution in [0.15, 0.2) is 15.1 Å². The molecule has 0 saturated carbocycles. The highest BCUT2D eigenvalue weighted by Crippen LogP contribution is 2.36. The lowest BCUT2D eigenvalue weighted by Crippen LogP contribution is -2.12. The first-order chi connectivity index (χ1) is 8.60. The molecule has 104 valence electrons. The summed E-state index contributed by atoms with van der Waals surface area (Å²) >= 11 is 0. The minimum absolute atomic E-state index is 0.0763. The zero-order chi connectivity index (χ0) is 14.4. The van der Waals surface area contributed by atoms with Crippen LogP contribution in [-0.4, -0.2) is 10.3 Å². The molecule has 5 heteroatoms. The molecule has 0 fully saturated rings. The molecular formula is C14H21N3O2. The van der Waals surface area contributed by atoms with E-state index >= 15 is 0 Å². The largest absolute Gasteiger partial charge is 0.394 e. The maximum absolute atomic E-state index is 6.10. The summed E-state index contributed by atoms with van der Waals surface area (Å²) in [6.45, 7) is 12.3. The van der Waals surface area contributed by atoms with Crippen LogP contribution < -0.4 is 5.73 Å². The second kappa shape index (κ2) is 4.11. The summed E-state index contributed by atoms with van der Waals surface area (Å²) in [5.74, 6) is 1.21. The summed E-state index contributed by atoms with van der Waals surface area (Å²) in [7, 11) is 0. The molecule has 0 saturated heterocycles. The van der Waals surface area contributed by atoms with Crippen molar-refractivity contribution in [3.63, 3.8) is 0 Å². The second-order valence-electron chi connectivity index (χ2n) is 6.85. The summed E-state index contributed by atoms with van der Waals surface area (Å²) in [5, 5.41) is 8.08. The number of nitrogens with zero attached hydrogens (tertiary/aromatic N) is 2. The van der Waals surface area contributed by atoms with Gasteiger partial charge in [-0.05, 0) is 0 Å². The number of hydrogen-bond donors (Lipinski definition) is 1. The van der Waals surface area contributed by atoms with E-state index in [-0.39, 0.29) is 10.8 Å². The van der Waals surface area contributed by atoms with Crippen molar-refractivity contribution in [2.45, 2.75) is 52.4 Å². The van der Waals surface area contributed by atoms with Crippen LogP contribution in [0, 0.1) is 0 Å². The zero-order valence-corrected chi connectivity index (χ0v) is 12.4. The van der Waals surface area contributed by atoms with E-state index in [0.29, 0.717) is 22.9 Å². The van der Waals surface area contributed by atoms with Crippen LogP contribution in [-0.2, 0) is 10.8 Å². The van der Waals surface area contributed by atoms with Gasteiger partial charge in [0.2, 0.25) is 0 Å². The Morgan fingerprint density at radius 3 is 2.00 bits per heavy atom. The fourth-order valence-electron chi connectivity index (χ4n) is 1.76. The van der Waals surface area contributed by atoms with Crippen LogP contribution in [0.3, 0.4) is 0 Å². The van der Waals surface area contributed by atoms with Crippen molar-refractivity contribution in [2.75, 3.05) is 5.73 Å². The second-order valence-corrected chi connectivity index (χ2v) is 6.85. The highest BCUT2D eigenvalue weighted by Gasteiger charge is 2.28. The van der Waals surface area contributed by atoms with Gasteiger partial charge in [0.05, 0.1) is 5.69 Å². The van der Waals surface area contributed by atoms with Crippen molar-refractivity contribution in [1.82, 2.24) is 10.3 Å². The van der Waals surface area contributed by atoms with Gasteiger partial charge in [-0.3, -0.25) is 0 Å². The first-order valence-corrected chi connectivity index (χ1v) is 6.34. The Bertz CT molecular complexity index is 583. The SMILES string of the molecule is CC(C)(C)c1cc(-c2noc(C(C)(C)C)c2N)on1. The van der Waals surface area contributed by atoms with Crippen LogP contribution in [0.25, 0.3) is 11.5 Å². The Balaban J connectivity index is 2.44. The van der Waals surface area contributed by atoms with Crippen molar-refractivity contribution in [3.05, 3.63) is 17.5 Å². The fraction of sp³-hybridized carbons (Fsp3) is 0.571. The maximum atomic E-state index is 6.10. The highest BCUT2D eigenvalue weighted by atomic mass is 16.5. The molecule has 2 N–H and O–H groups in total. The maximum Gasteiger partial charge on any atom is 0.191 e. The molecule has 2 aromatic heterocycles. The van der Waals surface area contributed by atoms with Gasteiger partial charge in [-0.1, -0.05) is 51.9 Å². The van der Waals surface area contributed by atoms with Crippen molar-refractivity contribution in [2.24, 2.45) is 0 Å². The topological polar surface area (TPSA) is 78.1 Å². The van der Waals surface area contributed by atoms with Crippen LogP contribution in [0.2, 0.25) is 0 Å². The standard InChI is InChI=1S/C14H21N3O2/c1-13(2,3)9-7-8(18-16-9)11-10(15)12(19-17-11)14(4,5)6/h7H,15H2,1-6H3. The Morgan fingerprint density at radius 1 is 0.947 bits per heavy atom. The van der Waals surface area contributed by atoms with Crippen LogP contribution in [0.5, 0.6) is 0 Å². The number of rotatable bonds is 1. The Hall–Kier alpha value is -1.78. The molecule has 2 heterocycles. The normalized spacial score (nSPS) is 12.9. The molecular weight excluding hydrogens is 242 g/mol. The first-order valence-electron chi connectivity index (χ1n) is 6.34. The van der Waals surface area contributed by atoms with E-state index in [1.165, 1.54) is 0 Å². The molecule has 0 aliphatic carbocycles. The van der Waals surface area contributed by atoms with Gasteiger partial charge in [-0.2, -0.15) is 0 Å². The molecule has 0 unspecified atom stereocenters. The van der Waals surface area contributed by atoms with Gasteiger partial charge in [-0.25, -0.2) is 0 Å². The van der Waals surface area contributed by atoms with Crippen molar-refractivity contribution in [1.29, 1.82) is 0 Å². The Morgan fingerprint density at radius 2 is 1.58 bits per heavy atom. The molecule has 19 heavy (non-hydrogen) atoms. The molecule has 0 radical (unpaired) electrons. The summed E-state index contributed by atoms with van der Waals surface area (Å²) in [4.78, 5) is 0. The van der Waals surface area contributed by atoms with Crippen molar-refractivity contribution in [3.8, 4) is 11.5 Å². The Labute approximate surface area is 113 Å². The molecule has 0 aliphatic rings. The number of hydrogen-bond acceptors (Lipinski definition) is 5. The summed E-state index contributed by atoms with van der Waals surface area (Å²) in [5.41, 5.74) is 7.73. The molecule has 0 aromatic carbocycles. The van der Waals surface area contributed by atoms with E-state index in [4.69, 9.17) is 14.8 Å². The van der Waals surface area contributed by atoms with Crippen LogP contribution in [0.4, 0.5) is 5.69 Å². The predicted molar refractivity (Wildman–Crippen MR) is 73.8 cm³/mol. The molecule has 0 spiro atoms. The molecule has 0 atom stereocenters. The quantitative estimate of drug-likeness (QED) is 0.851. The van der Waals surface area contributed by atoms with E-state index in [9.17, 15) is 0 Å². The molecule has 0 amide bonds. The average Bonchev–Trinajstić information content (AvgIpc) is 2.80. The molecule has 2 aromatic rings. The highest BCUT2D eigenvalue weighted by molar-refractivity contribution is 5.70.